The van der Waals surface area contributed by atoms with Crippen molar-refractivity contribution < 1.29 is 13.2 Å². The summed E-state index contributed by atoms with van der Waals surface area (Å²) < 4.78 is 39.6. The zero-order chi connectivity index (χ0) is 15.5. The minimum absolute atomic E-state index is 0.223. The normalized spacial score (nSPS) is 19.9. The van der Waals surface area contributed by atoms with Crippen LogP contribution in [0.1, 0.15) is 24.5 Å². The fraction of sp³-hybridized carbons (Fsp3) is 0.600. The Morgan fingerprint density at radius 3 is 2.76 bits per heavy atom. The van der Waals surface area contributed by atoms with Gasteiger partial charge in [0.2, 0.25) is 0 Å². The van der Waals surface area contributed by atoms with E-state index in [1.165, 1.54) is 6.07 Å². The van der Waals surface area contributed by atoms with Gasteiger partial charge in [0.1, 0.15) is 0 Å². The Morgan fingerprint density at radius 2 is 2.14 bits per heavy atom. The standard InChI is InChI=1S/C15H21F3N2S/c1-2-13-10-20(7-8-21-13)12-4-3-11(5-6-19)14(9-12)15(16,17)18/h3-4,9,13H,2,5-8,10,19H2,1H3. The molecule has 1 saturated heterocycles. The quantitative estimate of drug-likeness (QED) is 0.921. The second kappa shape index (κ2) is 6.92. The van der Waals surface area contributed by atoms with Crippen molar-refractivity contribution in [2.45, 2.75) is 31.2 Å². The van der Waals surface area contributed by atoms with Crippen LogP contribution in [0.15, 0.2) is 18.2 Å². The third kappa shape index (κ3) is 4.07. The van der Waals surface area contributed by atoms with E-state index in [1.807, 2.05) is 11.8 Å². The summed E-state index contributed by atoms with van der Waals surface area (Å²) in [5, 5.41) is 0.497. The Balaban J connectivity index is 2.28. The van der Waals surface area contributed by atoms with Gasteiger partial charge in [-0.15, -0.1) is 0 Å². The van der Waals surface area contributed by atoms with Crippen LogP contribution in [-0.2, 0) is 12.6 Å². The number of rotatable bonds is 4. The van der Waals surface area contributed by atoms with Gasteiger partial charge in [0.15, 0.2) is 0 Å². The summed E-state index contributed by atoms with van der Waals surface area (Å²) in [6.45, 7) is 3.96. The number of anilines is 1. The molecule has 21 heavy (non-hydrogen) atoms. The molecule has 0 saturated carbocycles. The van der Waals surface area contributed by atoms with Gasteiger partial charge in [0.05, 0.1) is 5.56 Å². The molecule has 1 aliphatic rings. The highest BCUT2D eigenvalue weighted by Gasteiger charge is 2.34. The van der Waals surface area contributed by atoms with Crippen molar-refractivity contribution in [2.75, 3.05) is 30.3 Å². The molecule has 0 amide bonds. The fourth-order valence-corrected chi connectivity index (χ4v) is 3.78. The predicted octanol–water partition coefficient (Wildman–Crippen LogP) is 3.54. The van der Waals surface area contributed by atoms with E-state index in [2.05, 4.69) is 11.8 Å². The van der Waals surface area contributed by atoms with Crippen LogP contribution in [0, 0.1) is 0 Å². The number of alkyl halides is 3. The maximum absolute atomic E-state index is 13.2. The lowest BCUT2D eigenvalue weighted by atomic mass is 10.0. The van der Waals surface area contributed by atoms with E-state index < -0.39 is 11.7 Å². The van der Waals surface area contributed by atoms with Gasteiger partial charge in [0, 0.05) is 29.8 Å². The summed E-state index contributed by atoms with van der Waals surface area (Å²) in [6, 6.07) is 4.66. The third-order valence-electron chi connectivity index (χ3n) is 3.77. The van der Waals surface area contributed by atoms with Crippen LogP contribution in [0.25, 0.3) is 0 Å². The van der Waals surface area contributed by atoms with E-state index >= 15 is 0 Å². The number of nitrogens with two attached hydrogens (primary N) is 1. The Bertz CT molecular complexity index is 476. The molecule has 2 nitrogen and oxygen atoms in total. The molecule has 0 radical (unpaired) electrons. The van der Waals surface area contributed by atoms with Crippen molar-refractivity contribution in [3.05, 3.63) is 29.3 Å². The van der Waals surface area contributed by atoms with Gasteiger partial charge in [0.25, 0.3) is 0 Å². The van der Waals surface area contributed by atoms with E-state index in [0.29, 0.717) is 10.9 Å². The molecule has 0 spiro atoms. The number of nitrogens with zero attached hydrogens (tertiary/aromatic N) is 1. The third-order valence-corrected chi connectivity index (χ3v) is 5.14. The highest BCUT2D eigenvalue weighted by atomic mass is 32.2. The molecule has 2 rings (SSSR count). The molecule has 2 N–H and O–H groups in total. The van der Waals surface area contributed by atoms with E-state index in [-0.39, 0.29) is 18.5 Å². The Labute approximate surface area is 127 Å². The second-order valence-electron chi connectivity index (χ2n) is 5.22. The van der Waals surface area contributed by atoms with E-state index in [9.17, 15) is 13.2 Å². The molecule has 1 aliphatic heterocycles. The molecule has 1 aromatic carbocycles. The number of hydrogen-bond acceptors (Lipinski definition) is 3. The van der Waals surface area contributed by atoms with Crippen LogP contribution in [0.2, 0.25) is 0 Å². The molecule has 1 heterocycles. The van der Waals surface area contributed by atoms with Crippen LogP contribution in [0.3, 0.4) is 0 Å². The van der Waals surface area contributed by atoms with Crippen LogP contribution in [-0.4, -0.2) is 30.6 Å². The molecule has 1 atom stereocenters. The largest absolute Gasteiger partial charge is 0.416 e. The van der Waals surface area contributed by atoms with Gasteiger partial charge in [-0.1, -0.05) is 13.0 Å². The van der Waals surface area contributed by atoms with Crippen molar-refractivity contribution in [1.29, 1.82) is 0 Å². The summed E-state index contributed by atoms with van der Waals surface area (Å²) in [6.07, 6.45) is -3.03. The number of hydrogen-bond donors (Lipinski definition) is 1. The van der Waals surface area contributed by atoms with Crippen molar-refractivity contribution in [3.8, 4) is 0 Å². The Hall–Kier alpha value is -0.880. The molecule has 0 aliphatic carbocycles. The molecule has 118 valence electrons. The first-order valence-corrected chi connectivity index (χ1v) is 8.27. The highest BCUT2D eigenvalue weighted by Crippen LogP contribution is 2.36. The molecule has 0 aromatic heterocycles. The van der Waals surface area contributed by atoms with Gasteiger partial charge < -0.3 is 10.6 Å². The van der Waals surface area contributed by atoms with Crippen LogP contribution in [0.4, 0.5) is 18.9 Å². The lowest BCUT2D eigenvalue weighted by Crippen LogP contribution is -2.37. The molecular formula is C15H21F3N2S. The molecular weight excluding hydrogens is 297 g/mol. The average Bonchev–Trinajstić information content (AvgIpc) is 2.47. The maximum Gasteiger partial charge on any atom is 0.416 e. The molecule has 0 bridgehead atoms. The summed E-state index contributed by atoms with van der Waals surface area (Å²) in [5.41, 5.74) is 5.82. The minimum Gasteiger partial charge on any atom is -0.370 e. The highest BCUT2D eigenvalue weighted by molar-refractivity contribution is 8.00. The van der Waals surface area contributed by atoms with Crippen molar-refractivity contribution in [2.24, 2.45) is 5.73 Å². The van der Waals surface area contributed by atoms with E-state index in [4.69, 9.17) is 5.73 Å². The van der Waals surface area contributed by atoms with Gasteiger partial charge in [-0.2, -0.15) is 24.9 Å². The average molecular weight is 318 g/mol. The topological polar surface area (TPSA) is 29.3 Å². The van der Waals surface area contributed by atoms with Gasteiger partial charge >= 0.3 is 6.18 Å². The molecule has 1 unspecified atom stereocenters. The van der Waals surface area contributed by atoms with Crippen LogP contribution < -0.4 is 10.6 Å². The van der Waals surface area contributed by atoms with Crippen molar-refractivity contribution >= 4 is 17.4 Å². The summed E-state index contributed by atoms with van der Waals surface area (Å²) in [5.74, 6) is 0.963. The Kier molecular flexibility index (Phi) is 5.43. The summed E-state index contributed by atoms with van der Waals surface area (Å²) in [4.78, 5) is 2.06. The number of halogens is 3. The maximum atomic E-state index is 13.2. The minimum atomic E-state index is -4.32. The first-order valence-electron chi connectivity index (χ1n) is 7.22. The zero-order valence-corrected chi connectivity index (χ0v) is 12.9. The van der Waals surface area contributed by atoms with E-state index in [1.54, 1.807) is 12.1 Å². The predicted molar refractivity (Wildman–Crippen MR) is 83.0 cm³/mol. The van der Waals surface area contributed by atoms with Crippen LogP contribution in [0.5, 0.6) is 0 Å². The second-order valence-corrected chi connectivity index (χ2v) is 6.63. The summed E-state index contributed by atoms with van der Waals surface area (Å²) >= 11 is 1.90. The first-order chi connectivity index (χ1) is 9.95. The lowest BCUT2D eigenvalue weighted by molar-refractivity contribution is -0.138. The SMILES string of the molecule is CCC1CN(c2ccc(CCN)c(C(F)(F)F)c2)CCS1. The molecule has 6 heteroatoms. The van der Waals surface area contributed by atoms with Gasteiger partial charge in [-0.25, -0.2) is 0 Å². The van der Waals surface area contributed by atoms with Gasteiger partial charge in [-0.3, -0.25) is 0 Å². The first kappa shape index (κ1) is 16.5. The van der Waals surface area contributed by atoms with Crippen molar-refractivity contribution in [3.63, 3.8) is 0 Å². The fourth-order valence-electron chi connectivity index (χ4n) is 2.60. The molecule has 1 aromatic rings. The van der Waals surface area contributed by atoms with E-state index in [0.717, 1.165) is 25.3 Å². The summed E-state index contributed by atoms with van der Waals surface area (Å²) in [7, 11) is 0. The van der Waals surface area contributed by atoms with Crippen molar-refractivity contribution in [1.82, 2.24) is 0 Å². The Morgan fingerprint density at radius 1 is 1.38 bits per heavy atom. The number of thioether (sulfide) groups is 1. The molecule has 1 fully saturated rings. The van der Waals surface area contributed by atoms with Gasteiger partial charge in [-0.05, 0) is 37.1 Å². The lowest BCUT2D eigenvalue weighted by Gasteiger charge is -2.34. The zero-order valence-electron chi connectivity index (χ0n) is 12.1. The monoisotopic (exact) mass is 318 g/mol. The number of benzene rings is 1. The van der Waals surface area contributed by atoms with Crippen LogP contribution >= 0.6 is 11.8 Å². The smallest absolute Gasteiger partial charge is 0.370 e.